The fourth-order valence-corrected chi connectivity index (χ4v) is 4.06. The van der Waals surface area contributed by atoms with Crippen LogP contribution < -0.4 is 10.9 Å². The largest absolute Gasteiger partial charge is 0.347 e. The van der Waals surface area contributed by atoms with Gasteiger partial charge in [-0.05, 0) is 24.0 Å². The highest BCUT2D eigenvalue weighted by atomic mass is 16.2. The van der Waals surface area contributed by atoms with Gasteiger partial charge in [0, 0.05) is 37.6 Å². The second-order valence-corrected chi connectivity index (χ2v) is 8.46. The number of hydrogen-bond acceptors (Lipinski definition) is 4. The van der Waals surface area contributed by atoms with Crippen molar-refractivity contribution in [3.63, 3.8) is 0 Å². The molecule has 0 spiro atoms. The van der Waals surface area contributed by atoms with Gasteiger partial charge in [0.25, 0.3) is 11.5 Å². The van der Waals surface area contributed by atoms with Crippen LogP contribution in [0, 0.1) is 5.92 Å². The summed E-state index contributed by atoms with van der Waals surface area (Å²) in [4.78, 5) is 28.2. The molecular formula is C24H28N4O2. The number of rotatable bonds is 6. The van der Waals surface area contributed by atoms with E-state index in [1.54, 1.807) is 12.1 Å². The van der Waals surface area contributed by atoms with Crippen LogP contribution in [0.3, 0.4) is 0 Å². The third-order valence-corrected chi connectivity index (χ3v) is 5.48. The molecule has 2 aromatic carbocycles. The molecule has 6 nitrogen and oxygen atoms in total. The smallest absolute Gasteiger partial charge is 0.274 e. The molecule has 0 bridgehead atoms. The van der Waals surface area contributed by atoms with E-state index in [0.717, 1.165) is 26.1 Å². The van der Waals surface area contributed by atoms with Crippen LogP contribution in [0.1, 0.15) is 36.3 Å². The molecule has 1 aliphatic rings. The second kappa shape index (κ2) is 8.79. The SMILES string of the molecule is CC(C)Cn1nc(C(=O)NC2CCN(Cc3ccccc3)C2)c2ccccc2c1=O. The molecule has 6 heteroatoms. The van der Waals surface area contributed by atoms with Gasteiger partial charge < -0.3 is 5.32 Å². The van der Waals surface area contributed by atoms with E-state index >= 15 is 0 Å². The fourth-order valence-electron chi connectivity index (χ4n) is 4.06. The summed E-state index contributed by atoms with van der Waals surface area (Å²) in [6, 6.07) is 17.7. The van der Waals surface area contributed by atoms with Crippen molar-refractivity contribution in [1.82, 2.24) is 20.0 Å². The van der Waals surface area contributed by atoms with E-state index in [4.69, 9.17) is 0 Å². The average Bonchev–Trinajstić information content (AvgIpc) is 3.17. The van der Waals surface area contributed by atoms with E-state index in [2.05, 4.69) is 27.4 Å². The van der Waals surface area contributed by atoms with E-state index < -0.39 is 0 Å². The fraction of sp³-hybridized carbons (Fsp3) is 0.375. The summed E-state index contributed by atoms with van der Waals surface area (Å²) in [5.41, 5.74) is 1.45. The summed E-state index contributed by atoms with van der Waals surface area (Å²) >= 11 is 0. The number of amides is 1. The van der Waals surface area contributed by atoms with Crippen molar-refractivity contribution in [3.8, 4) is 0 Å². The molecule has 3 aromatic rings. The first-order valence-corrected chi connectivity index (χ1v) is 10.6. The third-order valence-electron chi connectivity index (χ3n) is 5.48. The van der Waals surface area contributed by atoms with Gasteiger partial charge >= 0.3 is 0 Å². The molecule has 30 heavy (non-hydrogen) atoms. The minimum atomic E-state index is -0.213. The lowest BCUT2D eigenvalue weighted by Crippen LogP contribution is -2.39. The molecule has 2 heterocycles. The lowest BCUT2D eigenvalue weighted by Gasteiger charge is -2.17. The van der Waals surface area contributed by atoms with Crippen LogP contribution in [-0.2, 0) is 13.1 Å². The van der Waals surface area contributed by atoms with Gasteiger partial charge in [-0.3, -0.25) is 14.5 Å². The van der Waals surface area contributed by atoms with Crippen molar-refractivity contribution < 1.29 is 4.79 Å². The highest BCUT2D eigenvalue weighted by Crippen LogP contribution is 2.17. The van der Waals surface area contributed by atoms with Crippen molar-refractivity contribution in [2.75, 3.05) is 13.1 Å². The third kappa shape index (κ3) is 4.44. The van der Waals surface area contributed by atoms with Crippen LogP contribution in [0.5, 0.6) is 0 Å². The Bertz CT molecular complexity index is 1090. The number of fused-ring (bicyclic) bond motifs is 1. The predicted molar refractivity (Wildman–Crippen MR) is 118 cm³/mol. The number of nitrogens with one attached hydrogen (secondary N) is 1. The van der Waals surface area contributed by atoms with Crippen LogP contribution in [0.15, 0.2) is 59.4 Å². The first-order chi connectivity index (χ1) is 14.5. The highest BCUT2D eigenvalue weighted by molar-refractivity contribution is 6.04. The molecular weight excluding hydrogens is 376 g/mol. The number of benzene rings is 2. The molecule has 1 unspecified atom stereocenters. The van der Waals surface area contributed by atoms with Crippen LogP contribution in [0.25, 0.3) is 10.8 Å². The Labute approximate surface area is 176 Å². The van der Waals surface area contributed by atoms with E-state index in [1.807, 2.05) is 44.2 Å². The average molecular weight is 405 g/mol. The summed E-state index contributed by atoms with van der Waals surface area (Å²) in [6.45, 7) is 7.18. The van der Waals surface area contributed by atoms with E-state index in [1.165, 1.54) is 10.2 Å². The number of hydrogen-bond donors (Lipinski definition) is 1. The molecule has 156 valence electrons. The van der Waals surface area contributed by atoms with E-state index in [0.29, 0.717) is 23.0 Å². The number of carbonyl (C=O) groups is 1. The summed E-state index contributed by atoms with van der Waals surface area (Å²) in [7, 11) is 0. The van der Waals surface area contributed by atoms with Gasteiger partial charge in [-0.25, -0.2) is 4.68 Å². The molecule has 1 N–H and O–H groups in total. The normalized spacial score (nSPS) is 17.0. The number of nitrogens with zero attached hydrogens (tertiary/aromatic N) is 3. The molecule has 0 aliphatic carbocycles. The molecule has 1 fully saturated rings. The van der Waals surface area contributed by atoms with Crippen molar-refractivity contribution in [1.29, 1.82) is 0 Å². The van der Waals surface area contributed by atoms with Crippen LogP contribution in [0.4, 0.5) is 0 Å². The zero-order valence-electron chi connectivity index (χ0n) is 17.5. The topological polar surface area (TPSA) is 67.2 Å². The maximum atomic E-state index is 13.1. The van der Waals surface area contributed by atoms with Gasteiger partial charge in [-0.15, -0.1) is 0 Å². The summed E-state index contributed by atoms with van der Waals surface area (Å²) in [5, 5.41) is 8.74. The van der Waals surface area contributed by atoms with Gasteiger partial charge in [0.1, 0.15) is 0 Å². The van der Waals surface area contributed by atoms with Gasteiger partial charge in [-0.1, -0.05) is 62.4 Å². The van der Waals surface area contributed by atoms with E-state index in [-0.39, 0.29) is 23.4 Å². The van der Waals surface area contributed by atoms with Crippen LogP contribution in [-0.4, -0.2) is 39.7 Å². The molecule has 4 rings (SSSR count). The summed E-state index contributed by atoms with van der Waals surface area (Å²) in [5.74, 6) is 0.0453. The molecule has 1 saturated heterocycles. The highest BCUT2D eigenvalue weighted by Gasteiger charge is 2.26. The Hall–Kier alpha value is -2.99. The Morgan fingerprint density at radius 1 is 1.10 bits per heavy atom. The molecule has 1 aliphatic heterocycles. The first kappa shape index (κ1) is 20.3. The molecule has 1 atom stereocenters. The Balaban J connectivity index is 1.52. The molecule has 1 aromatic heterocycles. The molecule has 0 radical (unpaired) electrons. The van der Waals surface area contributed by atoms with Gasteiger partial charge in [-0.2, -0.15) is 5.10 Å². The summed E-state index contributed by atoms with van der Waals surface area (Å²) < 4.78 is 1.43. The maximum Gasteiger partial charge on any atom is 0.274 e. The lowest BCUT2D eigenvalue weighted by molar-refractivity contribution is 0.0931. The van der Waals surface area contributed by atoms with Gasteiger partial charge in [0.2, 0.25) is 0 Å². The lowest BCUT2D eigenvalue weighted by atomic mass is 10.1. The Morgan fingerprint density at radius 3 is 2.53 bits per heavy atom. The van der Waals surface area contributed by atoms with Crippen molar-refractivity contribution in [2.24, 2.45) is 5.92 Å². The predicted octanol–water partition coefficient (Wildman–Crippen LogP) is 3.06. The van der Waals surface area contributed by atoms with Crippen molar-refractivity contribution >= 4 is 16.7 Å². The Morgan fingerprint density at radius 2 is 1.80 bits per heavy atom. The monoisotopic (exact) mass is 404 g/mol. The van der Waals surface area contributed by atoms with E-state index in [9.17, 15) is 9.59 Å². The molecule has 1 amide bonds. The summed E-state index contributed by atoms with van der Waals surface area (Å²) in [6.07, 6.45) is 0.905. The van der Waals surface area contributed by atoms with Gasteiger partial charge in [0.05, 0.1) is 5.39 Å². The zero-order chi connectivity index (χ0) is 21.1. The number of aromatic nitrogens is 2. The van der Waals surface area contributed by atoms with Crippen LogP contribution in [0.2, 0.25) is 0 Å². The zero-order valence-corrected chi connectivity index (χ0v) is 17.5. The number of carbonyl (C=O) groups excluding carboxylic acids is 1. The first-order valence-electron chi connectivity index (χ1n) is 10.6. The minimum absolute atomic E-state index is 0.0762. The maximum absolute atomic E-state index is 13.1. The minimum Gasteiger partial charge on any atom is -0.347 e. The Kier molecular flexibility index (Phi) is 5.95. The van der Waals surface area contributed by atoms with Crippen molar-refractivity contribution in [2.45, 2.75) is 39.4 Å². The van der Waals surface area contributed by atoms with Crippen LogP contribution >= 0.6 is 0 Å². The number of likely N-dealkylation sites (tertiary alicyclic amines) is 1. The van der Waals surface area contributed by atoms with Gasteiger partial charge in [0.15, 0.2) is 5.69 Å². The molecule has 0 saturated carbocycles. The quantitative estimate of drug-likeness (QED) is 0.686. The van der Waals surface area contributed by atoms with Crippen molar-refractivity contribution in [3.05, 3.63) is 76.2 Å². The second-order valence-electron chi connectivity index (χ2n) is 8.46. The standard InChI is InChI=1S/C24H28N4O2/c1-17(2)14-28-24(30)21-11-7-6-10-20(21)22(26-28)23(29)25-19-12-13-27(16-19)15-18-8-4-3-5-9-18/h3-11,17,19H,12-16H2,1-2H3,(H,25,29).